The van der Waals surface area contributed by atoms with Crippen molar-refractivity contribution < 1.29 is 5.11 Å². The minimum absolute atomic E-state index is 0.442. The van der Waals surface area contributed by atoms with Crippen LogP contribution in [0.5, 0.6) is 5.75 Å². The number of fused-ring (bicyclic) bond motifs is 1. The summed E-state index contributed by atoms with van der Waals surface area (Å²) in [5, 5.41) is 9.72. The molecule has 0 radical (unpaired) electrons. The molecule has 1 N–H and O–H groups in total. The summed E-state index contributed by atoms with van der Waals surface area (Å²) in [5.41, 5.74) is 5.15. The Morgan fingerprint density at radius 3 is 2.79 bits per heavy atom. The molecular formula is C13H16O. The van der Waals surface area contributed by atoms with Gasteiger partial charge in [0.1, 0.15) is 5.75 Å². The molecule has 0 aromatic heterocycles. The molecule has 0 bridgehead atoms. The van der Waals surface area contributed by atoms with Gasteiger partial charge in [0.05, 0.1) is 0 Å². The molecule has 0 fully saturated rings. The number of phenolic OH excluding ortho intramolecular Hbond substituents is 1. The molecule has 0 spiro atoms. The highest BCUT2D eigenvalue weighted by Crippen LogP contribution is 2.31. The first-order valence-electron chi connectivity index (χ1n) is 5.23. The van der Waals surface area contributed by atoms with Crippen LogP contribution in [-0.2, 0) is 12.8 Å². The number of hydrogen-bond donors (Lipinski definition) is 1. The first-order valence-corrected chi connectivity index (χ1v) is 5.23. The van der Waals surface area contributed by atoms with E-state index in [1.165, 1.54) is 16.7 Å². The summed E-state index contributed by atoms with van der Waals surface area (Å²) in [7, 11) is 0. The van der Waals surface area contributed by atoms with Crippen molar-refractivity contribution in [3.05, 3.63) is 34.4 Å². The monoisotopic (exact) mass is 188 g/mol. The van der Waals surface area contributed by atoms with E-state index in [9.17, 15) is 5.11 Å². The van der Waals surface area contributed by atoms with Gasteiger partial charge >= 0.3 is 0 Å². The van der Waals surface area contributed by atoms with Crippen molar-refractivity contribution in [1.29, 1.82) is 0 Å². The largest absolute Gasteiger partial charge is 0.508 e. The summed E-state index contributed by atoms with van der Waals surface area (Å²) in [6.45, 7) is 4.25. The van der Waals surface area contributed by atoms with Crippen molar-refractivity contribution in [3.8, 4) is 5.75 Å². The van der Waals surface area contributed by atoms with Crippen LogP contribution in [0.2, 0.25) is 0 Å². The van der Waals surface area contributed by atoms with Crippen molar-refractivity contribution in [2.24, 2.45) is 0 Å². The van der Waals surface area contributed by atoms with E-state index in [4.69, 9.17) is 0 Å². The first kappa shape index (κ1) is 9.32. The molecule has 1 nitrogen and oxygen atoms in total. The zero-order valence-electron chi connectivity index (χ0n) is 8.80. The summed E-state index contributed by atoms with van der Waals surface area (Å²) in [5.74, 6) is 0.442. The van der Waals surface area contributed by atoms with Crippen molar-refractivity contribution in [3.63, 3.8) is 0 Å². The molecular weight excluding hydrogens is 172 g/mol. The molecule has 2 rings (SSSR count). The van der Waals surface area contributed by atoms with Crippen LogP contribution in [0, 0.1) is 0 Å². The van der Waals surface area contributed by atoms with Crippen molar-refractivity contribution in [2.75, 3.05) is 0 Å². The Bertz CT molecular complexity index is 388. The van der Waals surface area contributed by atoms with Crippen LogP contribution >= 0.6 is 0 Å². The molecule has 1 aromatic rings. The summed E-state index contributed by atoms with van der Waals surface area (Å²) in [6.07, 6.45) is 5.39. The van der Waals surface area contributed by atoms with E-state index in [0.29, 0.717) is 5.75 Å². The van der Waals surface area contributed by atoms with Crippen LogP contribution in [0.25, 0.3) is 6.08 Å². The zero-order chi connectivity index (χ0) is 10.1. The third-order valence-corrected chi connectivity index (χ3v) is 2.96. The molecule has 0 saturated carbocycles. The SMILES string of the molecule is CCc1c(O)ccc2c1C=C(C)CC2. The predicted molar refractivity (Wildman–Crippen MR) is 59.5 cm³/mol. The van der Waals surface area contributed by atoms with Gasteiger partial charge in [-0.3, -0.25) is 0 Å². The molecule has 1 aliphatic rings. The van der Waals surface area contributed by atoms with Crippen LogP contribution in [0.15, 0.2) is 17.7 Å². The second-order valence-corrected chi connectivity index (χ2v) is 3.98. The lowest BCUT2D eigenvalue weighted by Gasteiger charge is -2.17. The smallest absolute Gasteiger partial charge is 0.119 e. The van der Waals surface area contributed by atoms with E-state index < -0.39 is 0 Å². The third kappa shape index (κ3) is 1.43. The Balaban J connectivity index is 2.62. The van der Waals surface area contributed by atoms with E-state index in [2.05, 4.69) is 19.9 Å². The van der Waals surface area contributed by atoms with Gasteiger partial charge in [0.15, 0.2) is 0 Å². The fourth-order valence-corrected chi connectivity index (χ4v) is 2.12. The summed E-state index contributed by atoms with van der Waals surface area (Å²) in [4.78, 5) is 0. The number of aryl methyl sites for hydroxylation is 1. The van der Waals surface area contributed by atoms with Crippen LogP contribution < -0.4 is 0 Å². The highest BCUT2D eigenvalue weighted by atomic mass is 16.3. The average Bonchev–Trinajstić information content (AvgIpc) is 2.17. The highest BCUT2D eigenvalue weighted by Gasteiger charge is 2.13. The fourth-order valence-electron chi connectivity index (χ4n) is 2.12. The van der Waals surface area contributed by atoms with Gasteiger partial charge < -0.3 is 5.11 Å². The molecule has 0 atom stereocenters. The Labute approximate surface area is 85.1 Å². The van der Waals surface area contributed by atoms with Crippen LogP contribution in [0.3, 0.4) is 0 Å². The summed E-state index contributed by atoms with van der Waals surface area (Å²) in [6, 6.07) is 3.87. The Morgan fingerprint density at radius 1 is 1.29 bits per heavy atom. The lowest BCUT2D eigenvalue weighted by atomic mass is 9.88. The number of rotatable bonds is 1. The minimum atomic E-state index is 0.442. The highest BCUT2D eigenvalue weighted by molar-refractivity contribution is 5.65. The van der Waals surface area contributed by atoms with Crippen LogP contribution in [-0.4, -0.2) is 5.11 Å². The van der Waals surface area contributed by atoms with E-state index in [0.717, 1.165) is 24.8 Å². The van der Waals surface area contributed by atoms with Gasteiger partial charge in [-0.05, 0) is 43.4 Å². The van der Waals surface area contributed by atoms with E-state index >= 15 is 0 Å². The lowest BCUT2D eigenvalue weighted by molar-refractivity contribution is 0.468. The maximum Gasteiger partial charge on any atom is 0.119 e. The molecule has 1 heteroatoms. The van der Waals surface area contributed by atoms with Gasteiger partial charge in [-0.2, -0.15) is 0 Å². The number of allylic oxidation sites excluding steroid dienone is 1. The standard InChI is InChI=1S/C13H16O/c1-3-11-12-8-9(2)4-5-10(12)6-7-13(11)14/h6-8,14H,3-5H2,1-2H3. The molecule has 74 valence electrons. The fraction of sp³-hybridized carbons (Fsp3) is 0.385. The number of aromatic hydroxyl groups is 1. The van der Waals surface area contributed by atoms with Gasteiger partial charge in [-0.15, -0.1) is 0 Å². The molecule has 1 aromatic carbocycles. The van der Waals surface area contributed by atoms with Gasteiger partial charge in [-0.1, -0.05) is 24.6 Å². The number of hydrogen-bond acceptors (Lipinski definition) is 1. The van der Waals surface area contributed by atoms with Crippen LogP contribution in [0.1, 0.15) is 37.0 Å². The summed E-state index contributed by atoms with van der Waals surface area (Å²) < 4.78 is 0. The number of phenols is 1. The molecule has 1 aliphatic carbocycles. The quantitative estimate of drug-likeness (QED) is 0.717. The second kappa shape index (κ2) is 3.49. The van der Waals surface area contributed by atoms with Gasteiger partial charge in [0.25, 0.3) is 0 Å². The summed E-state index contributed by atoms with van der Waals surface area (Å²) >= 11 is 0. The topological polar surface area (TPSA) is 20.2 Å². The first-order chi connectivity index (χ1) is 6.72. The van der Waals surface area contributed by atoms with Crippen molar-refractivity contribution in [1.82, 2.24) is 0 Å². The van der Waals surface area contributed by atoms with E-state index in [-0.39, 0.29) is 0 Å². The molecule has 14 heavy (non-hydrogen) atoms. The van der Waals surface area contributed by atoms with Crippen LogP contribution in [0.4, 0.5) is 0 Å². The molecule has 0 aliphatic heterocycles. The second-order valence-electron chi connectivity index (χ2n) is 3.98. The third-order valence-electron chi connectivity index (χ3n) is 2.96. The number of benzene rings is 1. The molecule has 0 saturated heterocycles. The lowest BCUT2D eigenvalue weighted by Crippen LogP contribution is -2.01. The zero-order valence-corrected chi connectivity index (χ0v) is 8.80. The Morgan fingerprint density at radius 2 is 2.07 bits per heavy atom. The predicted octanol–water partition coefficient (Wildman–Crippen LogP) is 3.30. The van der Waals surface area contributed by atoms with Crippen molar-refractivity contribution >= 4 is 6.08 Å². The molecule has 0 amide bonds. The molecule has 0 heterocycles. The average molecular weight is 188 g/mol. The van der Waals surface area contributed by atoms with E-state index in [1.807, 2.05) is 12.1 Å². The van der Waals surface area contributed by atoms with E-state index in [1.54, 1.807) is 0 Å². The Hall–Kier alpha value is -1.24. The normalized spacial score (nSPS) is 14.9. The van der Waals surface area contributed by atoms with Gasteiger partial charge in [0.2, 0.25) is 0 Å². The molecule has 0 unspecified atom stereocenters. The van der Waals surface area contributed by atoms with Gasteiger partial charge in [0, 0.05) is 5.56 Å². The minimum Gasteiger partial charge on any atom is -0.508 e. The van der Waals surface area contributed by atoms with Gasteiger partial charge in [-0.25, -0.2) is 0 Å². The maximum absolute atomic E-state index is 9.72. The van der Waals surface area contributed by atoms with Crippen molar-refractivity contribution in [2.45, 2.75) is 33.1 Å². The Kier molecular flexibility index (Phi) is 2.32. The maximum atomic E-state index is 9.72.